The van der Waals surface area contributed by atoms with Crippen LogP contribution in [0.5, 0.6) is 5.75 Å². The number of carbonyl (C=O) groups excluding carboxylic acids is 1. The molecule has 2 atom stereocenters. The Labute approximate surface area is 256 Å². The number of halogens is 1. The molecular formula is C30H39IN2O7S. The molecule has 2 heterocycles. The third-order valence-corrected chi connectivity index (χ3v) is 10.0. The summed E-state index contributed by atoms with van der Waals surface area (Å²) in [7, 11) is -2.36. The van der Waals surface area contributed by atoms with E-state index in [2.05, 4.69) is 22.6 Å². The van der Waals surface area contributed by atoms with Crippen molar-refractivity contribution in [2.75, 3.05) is 46.5 Å². The highest BCUT2D eigenvalue weighted by molar-refractivity contribution is 14.1. The Balaban J connectivity index is 1.47. The number of allylic oxidation sites excluding steroid dienone is 1. The maximum Gasteiger partial charge on any atom is 0.288 e. The number of hydrogen-bond donors (Lipinski definition) is 1. The van der Waals surface area contributed by atoms with Crippen molar-refractivity contribution in [3.8, 4) is 5.75 Å². The highest BCUT2D eigenvalue weighted by Gasteiger charge is 2.32. The van der Waals surface area contributed by atoms with Gasteiger partial charge in [0.05, 0.1) is 25.2 Å². The second kappa shape index (κ2) is 15.3. The van der Waals surface area contributed by atoms with Crippen LogP contribution in [0.3, 0.4) is 0 Å². The molecule has 2 aliphatic rings. The molecule has 2 aliphatic heterocycles. The van der Waals surface area contributed by atoms with Crippen molar-refractivity contribution in [2.24, 2.45) is 0 Å². The molecule has 9 nitrogen and oxygen atoms in total. The van der Waals surface area contributed by atoms with Gasteiger partial charge in [-0.2, -0.15) is 4.31 Å². The zero-order valence-corrected chi connectivity index (χ0v) is 26.4. The first-order valence-corrected chi connectivity index (χ1v) is 16.6. The number of aliphatic hydroxyl groups excluding tert-OH is 1. The molecule has 1 fully saturated rings. The number of ether oxygens (including phenoxy) is 3. The Bertz CT molecular complexity index is 1260. The molecule has 2 aromatic rings. The fourth-order valence-corrected chi connectivity index (χ4v) is 6.88. The number of nitrogens with zero attached hydrogens (tertiary/aromatic N) is 2. The summed E-state index contributed by atoms with van der Waals surface area (Å²) >= 11 is 2.26. The van der Waals surface area contributed by atoms with Gasteiger partial charge in [-0.1, -0.05) is 31.4 Å². The van der Waals surface area contributed by atoms with E-state index in [1.807, 2.05) is 35.2 Å². The van der Waals surface area contributed by atoms with Gasteiger partial charge in [-0.3, -0.25) is 4.79 Å². The number of aliphatic hydroxyl groups is 1. The highest BCUT2D eigenvalue weighted by atomic mass is 127. The summed E-state index contributed by atoms with van der Waals surface area (Å²) in [6.45, 7) is 1.05. The monoisotopic (exact) mass is 698 g/mol. The summed E-state index contributed by atoms with van der Waals surface area (Å²) in [4.78, 5) is 15.5. The number of methoxy groups -OCH3 is 1. The van der Waals surface area contributed by atoms with Crippen LogP contribution in [0, 0.1) is 3.57 Å². The molecule has 11 heteroatoms. The lowest BCUT2D eigenvalue weighted by molar-refractivity contribution is -0.153. The lowest BCUT2D eigenvalue weighted by Gasteiger charge is -2.33. The summed E-state index contributed by atoms with van der Waals surface area (Å²) in [5.41, 5.74) is 1.06. The van der Waals surface area contributed by atoms with Gasteiger partial charge in [-0.25, -0.2) is 8.42 Å². The minimum atomic E-state index is -3.87. The fraction of sp³-hybridized carbons (Fsp3) is 0.500. The van der Waals surface area contributed by atoms with Crippen LogP contribution in [0.4, 0.5) is 0 Å². The highest BCUT2D eigenvalue weighted by Crippen LogP contribution is 2.33. The lowest BCUT2D eigenvalue weighted by atomic mass is 9.93. The standard InChI is InChI=1S/C30H39IN2O7S/c1-38-26-11-13-27(14-12-26)41(36,37)33(17-19-34)18-20-39-29-22-24(23-7-9-25(31)10-8-23)21-28(40-29)30(35)32-15-5-3-2-4-6-16-32/h7-14,21,24,29,34H,2-6,15-20,22H2,1H3/t24-,29+/m1/s1. The third-order valence-electron chi connectivity index (χ3n) is 7.40. The van der Waals surface area contributed by atoms with Crippen LogP contribution in [0.2, 0.25) is 0 Å². The minimum absolute atomic E-state index is 0.0160. The third kappa shape index (κ3) is 8.66. The van der Waals surface area contributed by atoms with Gasteiger partial charge in [0, 0.05) is 42.1 Å². The van der Waals surface area contributed by atoms with Crippen LogP contribution in [-0.4, -0.2) is 81.4 Å². The fourth-order valence-electron chi connectivity index (χ4n) is 5.11. The van der Waals surface area contributed by atoms with Crippen LogP contribution >= 0.6 is 22.6 Å². The smallest absolute Gasteiger partial charge is 0.288 e. The van der Waals surface area contributed by atoms with E-state index in [1.54, 1.807) is 12.1 Å². The van der Waals surface area contributed by atoms with Crippen molar-refractivity contribution in [3.05, 3.63) is 69.5 Å². The number of hydrogen-bond acceptors (Lipinski definition) is 7. The molecule has 0 aliphatic carbocycles. The van der Waals surface area contributed by atoms with Crippen LogP contribution < -0.4 is 4.74 Å². The second-order valence-electron chi connectivity index (χ2n) is 10.2. The largest absolute Gasteiger partial charge is 0.497 e. The van der Waals surface area contributed by atoms with E-state index >= 15 is 0 Å². The topological polar surface area (TPSA) is 106 Å². The van der Waals surface area contributed by atoms with E-state index in [0.29, 0.717) is 25.3 Å². The van der Waals surface area contributed by atoms with E-state index in [0.717, 1.165) is 34.8 Å². The van der Waals surface area contributed by atoms with Gasteiger partial charge in [-0.15, -0.1) is 0 Å². The molecule has 1 saturated heterocycles. The van der Waals surface area contributed by atoms with Crippen LogP contribution in [0.15, 0.2) is 65.3 Å². The first kappa shape index (κ1) is 31.7. The van der Waals surface area contributed by atoms with Crippen molar-refractivity contribution < 1.29 is 32.5 Å². The van der Waals surface area contributed by atoms with Crippen LogP contribution in [-0.2, 0) is 24.3 Å². The number of benzene rings is 2. The Hall–Kier alpha value is -2.19. The number of rotatable bonds is 11. The molecule has 41 heavy (non-hydrogen) atoms. The maximum atomic E-state index is 13.5. The van der Waals surface area contributed by atoms with Crippen molar-refractivity contribution in [2.45, 2.75) is 55.6 Å². The van der Waals surface area contributed by atoms with Crippen molar-refractivity contribution in [1.29, 1.82) is 0 Å². The van der Waals surface area contributed by atoms with E-state index in [4.69, 9.17) is 14.2 Å². The summed E-state index contributed by atoms with van der Waals surface area (Å²) in [6, 6.07) is 14.3. The van der Waals surface area contributed by atoms with Gasteiger partial charge in [-0.05, 0) is 83.5 Å². The number of likely N-dealkylation sites (tertiary alicyclic amines) is 1. The average Bonchev–Trinajstić information content (AvgIpc) is 2.96. The quantitative estimate of drug-likeness (QED) is 0.345. The molecule has 0 radical (unpaired) electrons. The normalized spacial score (nSPS) is 20.1. The molecule has 2 aromatic carbocycles. The summed E-state index contributed by atoms with van der Waals surface area (Å²) < 4.78 is 46.1. The van der Waals surface area contributed by atoms with E-state index < -0.39 is 16.3 Å². The van der Waals surface area contributed by atoms with E-state index in [1.165, 1.54) is 30.0 Å². The number of amides is 1. The molecule has 224 valence electrons. The van der Waals surface area contributed by atoms with Gasteiger partial charge in [0.15, 0.2) is 5.76 Å². The average molecular weight is 699 g/mol. The predicted molar refractivity (Wildman–Crippen MR) is 164 cm³/mol. The zero-order valence-electron chi connectivity index (χ0n) is 23.4. The first-order chi connectivity index (χ1) is 19.8. The molecule has 0 aromatic heterocycles. The predicted octanol–water partition coefficient (Wildman–Crippen LogP) is 4.51. The molecule has 0 spiro atoms. The van der Waals surface area contributed by atoms with Crippen LogP contribution in [0.1, 0.15) is 50.0 Å². The van der Waals surface area contributed by atoms with Crippen molar-refractivity contribution in [1.82, 2.24) is 9.21 Å². The van der Waals surface area contributed by atoms with Gasteiger partial charge in [0.2, 0.25) is 16.3 Å². The molecule has 1 amide bonds. The zero-order chi connectivity index (χ0) is 29.2. The summed E-state index contributed by atoms with van der Waals surface area (Å²) in [5.74, 6) is 0.617. The molecular weight excluding hydrogens is 659 g/mol. The Morgan fingerprint density at radius 3 is 2.32 bits per heavy atom. The Kier molecular flexibility index (Phi) is 11.9. The molecule has 0 bridgehead atoms. The molecule has 4 rings (SSSR count). The van der Waals surface area contributed by atoms with Crippen molar-refractivity contribution in [3.63, 3.8) is 0 Å². The van der Waals surface area contributed by atoms with Gasteiger partial charge in [0.1, 0.15) is 5.75 Å². The second-order valence-corrected chi connectivity index (χ2v) is 13.4. The number of carbonyl (C=O) groups is 1. The summed E-state index contributed by atoms with van der Waals surface area (Å²) in [5, 5.41) is 9.57. The van der Waals surface area contributed by atoms with Crippen molar-refractivity contribution >= 4 is 38.5 Å². The minimum Gasteiger partial charge on any atom is -0.497 e. The molecule has 0 unspecified atom stereocenters. The number of sulfonamides is 1. The molecule has 1 N–H and O–H groups in total. The van der Waals surface area contributed by atoms with E-state index in [-0.39, 0.29) is 48.8 Å². The SMILES string of the molecule is COc1ccc(S(=O)(=O)N(CCO)CCO[C@@H]2C[C@H](c3ccc(I)cc3)C=C(C(=O)N3CCCCCCC3)O2)cc1. The van der Waals surface area contributed by atoms with E-state index in [9.17, 15) is 18.3 Å². The Morgan fingerprint density at radius 1 is 1.02 bits per heavy atom. The molecule has 0 saturated carbocycles. The first-order valence-electron chi connectivity index (χ1n) is 14.1. The van der Waals surface area contributed by atoms with Gasteiger partial charge < -0.3 is 24.2 Å². The van der Waals surface area contributed by atoms with Gasteiger partial charge in [0.25, 0.3) is 5.91 Å². The summed E-state index contributed by atoms with van der Waals surface area (Å²) in [6.07, 6.45) is 7.05. The lowest BCUT2D eigenvalue weighted by Crippen LogP contribution is -2.39. The Morgan fingerprint density at radius 2 is 1.68 bits per heavy atom. The van der Waals surface area contributed by atoms with Gasteiger partial charge >= 0.3 is 0 Å². The maximum absolute atomic E-state index is 13.5. The van der Waals surface area contributed by atoms with Crippen LogP contribution in [0.25, 0.3) is 0 Å².